The first-order chi connectivity index (χ1) is 8.19. The van der Waals surface area contributed by atoms with Gasteiger partial charge in [0.1, 0.15) is 5.75 Å². The van der Waals surface area contributed by atoms with Gasteiger partial charge in [0, 0.05) is 4.47 Å². The Morgan fingerprint density at radius 3 is 2.94 bits per heavy atom. The van der Waals surface area contributed by atoms with Crippen LogP contribution in [0.3, 0.4) is 0 Å². The third-order valence-corrected chi connectivity index (χ3v) is 3.07. The third-order valence-electron chi connectivity index (χ3n) is 2.18. The van der Waals surface area contributed by atoms with Gasteiger partial charge in [-0.25, -0.2) is 0 Å². The van der Waals surface area contributed by atoms with Crippen LogP contribution in [-0.2, 0) is 13.2 Å². The summed E-state index contributed by atoms with van der Waals surface area (Å²) < 4.78 is 11.5. The van der Waals surface area contributed by atoms with Crippen LogP contribution in [0.15, 0.2) is 27.2 Å². The molecule has 6 heteroatoms. The Kier molecular flexibility index (Phi) is 3.75. The number of ether oxygens (including phenoxy) is 1. The molecule has 90 valence electrons. The average molecular weight is 298 g/mol. The lowest BCUT2D eigenvalue weighted by Gasteiger charge is -2.05. The molecule has 0 fully saturated rings. The molecule has 1 heterocycles. The van der Waals surface area contributed by atoms with Crippen LogP contribution in [0.1, 0.15) is 17.3 Å². The minimum atomic E-state index is 0.240. The normalized spacial score (nSPS) is 10.5. The Labute approximate surface area is 107 Å². The molecule has 0 saturated heterocycles. The van der Waals surface area contributed by atoms with Gasteiger partial charge in [0.2, 0.25) is 11.7 Å². The second kappa shape index (κ2) is 5.29. The maximum atomic E-state index is 5.54. The van der Waals surface area contributed by atoms with Crippen molar-refractivity contribution >= 4 is 15.9 Å². The summed E-state index contributed by atoms with van der Waals surface area (Å²) in [4.78, 5) is 4.05. The van der Waals surface area contributed by atoms with Crippen LogP contribution in [0, 0.1) is 6.92 Å². The molecule has 2 N–H and O–H groups in total. The summed E-state index contributed by atoms with van der Waals surface area (Å²) in [5, 5.41) is 3.74. The molecule has 0 amide bonds. The minimum absolute atomic E-state index is 0.240. The third kappa shape index (κ3) is 3.04. The van der Waals surface area contributed by atoms with Crippen LogP contribution in [0.5, 0.6) is 5.75 Å². The summed E-state index contributed by atoms with van der Waals surface area (Å²) in [6, 6.07) is 5.75. The van der Waals surface area contributed by atoms with E-state index in [1.807, 2.05) is 25.1 Å². The number of benzene rings is 1. The molecule has 0 aliphatic rings. The lowest BCUT2D eigenvalue weighted by Crippen LogP contribution is -2.00. The van der Waals surface area contributed by atoms with E-state index in [0.717, 1.165) is 15.8 Å². The van der Waals surface area contributed by atoms with E-state index in [1.165, 1.54) is 0 Å². The quantitative estimate of drug-likeness (QED) is 0.936. The highest BCUT2D eigenvalue weighted by Crippen LogP contribution is 2.22. The highest BCUT2D eigenvalue weighted by atomic mass is 79.9. The van der Waals surface area contributed by atoms with Crippen molar-refractivity contribution in [3.05, 3.63) is 40.0 Å². The van der Waals surface area contributed by atoms with Gasteiger partial charge >= 0.3 is 0 Å². The van der Waals surface area contributed by atoms with E-state index in [4.69, 9.17) is 15.0 Å². The zero-order valence-electron chi connectivity index (χ0n) is 9.31. The van der Waals surface area contributed by atoms with Crippen LogP contribution in [-0.4, -0.2) is 10.1 Å². The van der Waals surface area contributed by atoms with Crippen LogP contribution in [0.2, 0.25) is 0 Å². The summed E-state index contributed by atoms with van der Waals surface area (Å²) in [7, 11) is 0. The van der Waals surface area contributed by atoms with Crippen molar-refractivity contribution in [2.75, 3.05) is 0 Å². The van der Waals surface area contributed by atoms with Crippen molar-refractivity contribution in [3.8, 4) is 5.75 Å². The highest BCUT2D eigenvalue weighted by Gasteiger charge is 2.05. The van der Waals surface area contributed by atoms with Crippen molar-refractivity contribution in [3.63, 3.8) is 0 Å². The van der Waals surface area contributed by atoms with Crippen molar-refractivity contribution in [2.24, 2.45) is 5.73 Å². The van der Waals surface area contributed by atoms with Crippen LogP contribution in [0.25, 0.3) is 0 Å². The molecule has 0 aliphatic carbocycles. The van der Waals surface area contributed by atoms with Crippen LogP contribution >= 0.6 is 15.9 Å². The molecule has 0 bridgehead atoms. The molecule has 5 nitrogen and oxygen atoms in total. The smallest absolute Gasteiger partial charge is 0.240 e. The molecule has 0 aliphatic heterocycles. The fourth-order valence-electron chi connectivity index (χ4n) is 1.29. The lowest BCUT2D eigenvalue weighted by atomic mass is 10.2. The van der Waals surface area contributed by atoms with Crippen molar-refractivity contribution in [1.82, 2.24) is 10.1 Å². The first kappa shape index (κ1) is 12.1. The maximum absolute atomic E-state index is 5.54. The number of halogens is 1. The molecule has 2 aromatic rings. The maximum Gasteiger partial charge on any atom is 0.240 e. The summed E-state index contributed by atoms with van der Waals surface area (Å²) in [5.74, 6) is 1.67. The number of nitrogens with two attached hydrogens (primary N) is 1. The van der Waals surface area contributed by atoms with E-state index in [9.17, 15) is 0 Å². The van der Waals surface area contributed by atoms with E-state index in [2.05, 4.69) is 26.1 Å². The zero-order chi connectivity index (χ0) is 12.3. The van der Waals surface area contributed by atoms with Gasteiger partial charge in [0.05, 0.1) is 6.54 Å². The molecule has 0 radical (unpaired) electrons. The second-order valence-electron chi connectivity index (χ2n) is 3.51. The van der Waals surface area contributed by atoms with E-state index < -0.39 is 0 Å². The molecular formula is C11H12BrN3O2. The molecule has 0 atom stereocenters. The molecule has 2 rings (SSSR count). The molecule has 17 heavy (non-hydrogen) atoms. The summed E-state index contributed by atoms with van der Waals surface area (Å²) in [6.45, 7) is 2.51. The molecule has 0 unspecified atom stereocenters. The molecule has 1 aromatic heterocycles. The fourth-order valence-corrected chi connectivity index (χ4v) is 1.53. The van der Waals surface area contributed by atoms with Gasteiger partial charge in [0.15, 0.2) is 6.61 Å². The largest absolute Gasteiger partial charge is 0.485 e. The van der Waals surface area contributed by atoms with E-state index >= 15 is 0 Å². The van der Waals surface area contributed by atoms with E-state index in [0.29, 0.717) is 11.7 Å². The van der Waals surface area contributed by atoms with Crippen LogP contribution < -0.4 is 10.5 Å². The SMILES string of the molecule is Cc1cc(OCc2noc(CN)n2)ccc1Br. The average Bonchev–Trinajstić information content (AvgIpc) is 2.79. The lowest BCUT2D eigenvalue weighted by molar-refractivity contribution is 0.285. The second-order valence-corrected chi connectivity index (χ2v) is 4.36. The standard InChI is InChI=1S/C11H12BrN3O2/c1-7-4-8(2-3-9(7)12)16-6-10-14-11(5-13)17-15-10/h2-4H,5-6,13H2,1H3. The summed E-state index contributed by atoms with van der Waals surface area (Å²) in [5.41, 5.74) is 6.47. The Bertz CT molecular complexity index is 513. The van der Waals surface area contributed by atoms with Crippen LogP contribution in [0.4, 0.5) is 0 Å². The highest BCUT2D eigenvalue weighted by molar-refractivity contribution is 9.10. The van der Waals surface area contributed by atoms with Gasteiger partial charge in [-0.05, 0) is 30.7 Å². The fraction of sp³-hybridized carbons (Fsp3) is 0.273. The number of hydrogen-bond donors (Lipinski definition) is 1. The first-order valence-corrected chi connectivity index (χ1v) is 5.89. The molecule has 1 aromatic carbocycles. The van der Waals surface area contributed by atoms with Gasteiger partial charge in [-0.3, -0.25) is 0 Å². The van der Waals surface area contributed by atoms with Gasteiger partial charge in [0.25, 0.3) is 0 Å². The van der Waals surface area contributed by atoms with Gasteiger partial charge in [-0.15, -0.1) is 0 Å². The minimum Gasteiger partial charge on any atom is -0.485 e. The van der Waals surface area contributed by atoms with Gasteiger partial charge in [-0.1, -0.05) is 21.1 Å². The Morgan fingerprint density at radius 2 is 2.29 bits per heavy atom. The van der Waals surface area contributed by atoms with Crippen molar-refractivity contribution < 1.29 is 9.26 Å². The molecule has 0 saturated carbocycles. The number of aryl methyl sites for hydroxylation is 1. The number of rotatable bonds is 4. The predicted molar refractivity (Wildman–Crippen MR) is 65.4 cm³/mol. The predicted octanol–water partition coefficient (Wildman–Crippen LogP) is 2.18. The van der Waals surface area contributed by atoms with Crippen molar-refractivity contribution in [1.29, 1.82) is 0 Å². The summed E-state index contributed by atoms with van der Waals surface area (Å²) in [6.07, 6.45) is 0. The van der Waals surface area contributed by atoms with Gasteiger partial charge < -0.3 is 15.0 Å². The summed E-state index contributed by atoms with van der Waals surface area (Å²) >= 11 is 3.43. The van der Waals surface area contributed by atoms with E-state index in [-0.39, 0.29) is 13.2 Å². The Morgan fingerprint density at radius 1 is 1.47 bits per heavy atom. The van der Waals surface area contributed by atoms with Crippen molar-refractivity contribution in [2.45, 2.75) is 20.1 Å². The van der Waals surface area contributed by atoms with E-state index in [1.54, 1.807) is 0 Å². The Balaban J connectivity index is 1.99. The zero-order valence-corrected chi connectivity index (χ0v) is 10.9. The monoisotopic (exact) mass is 297 g/mol. The first-order valence-electron chi connectivity index (χ1n) is 5.09. The number of aromatic nitrogens is 2. The molecule has 0 spiro atoms. The van der Waals surface area contributed by atoms with Gasteiger partial charge in [-0.2, -0.15) is 4.98 Å². The number of hydrogen-bond acceptors (Lipinski definition) is 5. The topological polar surface area (TPSA) is 74.2 Å². The number of nitrogens with zero attached hydrogens (tertiary/aromatic N) is 2. The molecular weight excluding hydrogens is 286 g/mol. The Hall–Kier alpha value is -1.40.